The molecule has 1 aromatic rings. The largest absolute Gasteiger partial charge is 0.504 e. The first-order valence-corrected chi connectivity index (χ1v) is 4.58. The third kappa shape index (κ3) is 2.13. The third-order valence-electron chi connectivity index (χ3n) is 1.35. The Hall–Kier alpha value is -1.23. The van der Waals surface area contributed by atoms with E-state index in [1.807, 2.05) is 0 Å². The highest BCUT2D eigenvalue weighted by Crippen LogP contribution is 2.24. The minimum Gasteiger partial charge on any atom is -0.504 e. The van der Waals surface area contributed by atoms with Crippen LogP contribution in [0.2, 0.25) is 0 Å². The first-order valence-electron chi connectivity index (χ1n) is 3.22. The van der Waals surface area contributed by atoms with E-state index in [2.05, 4.69) is 0 Å². The maximum Gasteiger partial charge on any atom is 0.157 e. The number of thiol groups is 1. The van der Waals surface area contributed by atoms with Gasteiger partial charge < -0.3 is 10.2 Å². The molecule has 5 heteroatoms. The van der Waals surface area contributed by atoms with E-state index in [1.54, 1.807) is 0 Å². The van der Waals surface area contributed by atoms with Gasteiger partial charge >= 0.3 is 0 Å². The van der Waals surface area contributed by atoms with Gasteiger partial charge in [-0.3, -0.25) is 0 Å². The molecule has 0 aromatic heterocycles. The summed E-state index contributed by atoms with van der Waals surface area (Å²) >= 11 is 0. The molecule has 0 fully saturated rings. The van der Waals surface area contributed by atoms with Crippen LogP contribution in [0.25, 0.3) is 0 Å². The molecule has 0 atom stereocenters. The summed E-state index contributed by atoms with van der Waals surface area (Å²) in [5.41, 5.74) is 0.460. The molecule has 66 valence electrons. The lowest BCUT2D eigenvalue weighted by atomic mass is 10.2. The molecule has 0 heterocycles. The van der Waals surface area contributed by atoms with Gasteiger partial charge in [-0.15, -0.1) is 0 Å². The van der Waals surface area contributed by atoms with Gasteiger partial charge in [0.05, 0.1) is 5.75 Å². The molecule has 0 aliphatic heterocycles. The Kier molecular flexibility index (Phi) is 2.54. The maximum atomic E-state index is 10.3. The van der Waals surface area contributed by atoms with Crippen molar-refractivity contribution in [3.63, 3.8) is 0 Å². The van der Waals surface area contributed by atoms with Crippen LogP contribution in [0.1, 0.15) is 5.56 Å². The molecule has 1 aromatic carbocycles. The molecule has 0 aliphatic carbocycles. The third-order valence-corrected chi connectivity index (χ3v) is 1.97. The molecule has 0 aliphatic rings. The summed E-state index contributed by atoms with van der Waals surface area (Å²) in [5, 5.41) is 17.8. The monoisotopic (exact) mass is 188 g/mol. The molecule has 0 saturated heterocycles. The minimum atomic E-state index is -2.49. The Morgan fingerprint density at radius 2 is 1.83 bits per heavy atom. The van der Waals surface area contributed by atoms with Crippen LogP contribution in [-0.2, 0) is 16.5 Å². The van der Waals surface area contributed by atoms with Crippen molar-refractivity contribution in [3.8, 4) is 11.5 Å². The predicted octanol–water partition coefficient (Wildman–Crippen LogP) is 0.209. The van der Waals surface area contributed by atoms with E-state index in [4.69, 9.17) is 10.2 Å². The quantitative estimate of drug-likeness (QED) is 0.458. The fourth-order valence-electron chi connectivity index (χ4n) is 0.816. The highest BCUT2D eigenvalue weighted by molar-refractivity contribution is 7.71. The first-order chi connectivity index (χ1) is 5.59. The number of rotatable bonds is 2. The van der Waals surface area contributed by atoms with Crippen LogP contribution in [0.3, 0.4) is 0 Å². The molecular formula is C7H8O4S. The van der Waals surface area contributed by atoms with Gasteiger partial charge in [0.25, 0.3) is 0 Å². The SMILES string of the molecule is O=[SH](=O)Cc1ccc(O)c(O)c1. The Labute approximate surface area is 71.0 Å². The number of aromatic hydroxyl groups is 2. The second kappa shape index (κ2) is 3.44. The Balaban J connectivity index is 2.97. The van der Waals surface area contributed by atoms with Gasteiger partial charge in [-0.05, 0) is 17.7 Å². The van der Waals surface area contributed by atoms with Crippen molar-refractivity contribution in [1.82, 2.24) is 0 Å². The lowest BCUT2D eigenvalue weighted by molar-refractivity contribution is 0.403. The topological polar surface area (TPSA) is 74.6 Å². The Morgan fingerprint density at radius 3 is 2.33 bits per heavy atom. The van der Waals surface area contributed by atoms with Crippen molar-refractivity contribution in [3.05, 3.63) is 23.8 Å². The molecule has 0 amide bonds. The summed E-state index contributed by atoms with van der Waals surface area (Å²) in [4.78, 5) is 0. The van der Waals surface area contributed by atoms with E-state index in [0.717, 1.165) is 0 Å². The fourth-order valence-corrected chi connectivity index (χ4v) is 1.31. The van der Waals surface area contributed by atoms with Crippen LogP contribution >= 0.6 is 0 Å². The summed E-state index contributed by atoms with van der Waals surface area (Å²) < 4.78 is 20.5. The normalized spacial score (nSPS) is 10.4. The highest BCUT2D eigenvalue weighted by atomic mass is 32.2. The second-order valence-corrected chi connectivity index (χ2v) is 3.30. The maximum absolute atomic E-state index is 10.3. The molecule has 2 N–H and O–H groups in total. The summed E-state index contributed by atoms with van der Waals surface area (Å²) in [6.45, 7) is 0. The molecule has 0 bridgehead atoms. The lowest BCUT2D eigenvalue weighted by Crippen LogP contribution is -1.85. The number of benzene rings is 1. The van der Waals surface area contributed by atoms with Crippen molar-refractivity contribution in [1.29, 1.82) is 0 Å². The van der Waals surface area contributed by atoms with Gasteiger partial charge in [-0.2, -0.15) is 0 Å². The zero-order chi connectivity index (χ0) is 9.14. The number of phenolic OH excluding ortho intramolecular Hbond substituents is 2. The summed E-state index contributed by atoms with van der Waals surface area (Å²) in [7, 11) is -2.49. The van der Waals surface area contributed by atoms with Crippen LogP contribution in [0.4, 0.5) is 0 Å². The Bertz CT molecular complexity index is 348. The van der Waals surface area contributed by atoms with Crippen molar-refractivity contribution in [2.45, 2.75) is 5.75 Å². The summed E-state index contributed by atoms with van der Waals surface area (Å²) in [6, 6.07) is 3.92. The predicted molar refractivity (Wildman–Crippen MR) is 43.8 cm³/mol. The van der Waals surface area contributed by atoms with Crippen molar-refractivity contribution >= 4 is 10.7 Å². The summed E-state index contributed by atoms with van der Waals surface area (Å²) in [5.74, 6) is -0.673. The van der Waals surface area contributed by atoms with Gasteiger partial charge in [-0.25, -0.2) is 8.42 Å². The van der Waals surface area contributed by atoms with E-state index in [1.165, 1.54) is 18.2 Å². The molecule has 1 rings (SSSR count). The number of phenols is 2. The number of hydrogen-bond acceptors (Lipinski definition) is 4. The van der Waals surface area contributed by atoms with Crippen LogP contribution in [0.15, 0.2) is 18.2 Å². The van der Waals surface area contributed by atoms with E-state index in [-0.39, 0.29) is 17.3 Å². The van der Waals surface area contributed by atoms with Gasteiger partial charge in [0.2, 0.25) is 0 Å². The molecule has 12 heavy (non-hydrogen) atoms. The van der Waals surface area contributed by atoms with Crippen LogP contribution in [-0.4, -0.2) is 18.6 Å². The zero-order valence-electron chi connectivity index (χ0n) is 6.10. The minimum absolute atomic E-state index is 0.122. The fraction of sp³-hybridized carbons (Fsp3) is 0.143. The van der Waals surface area contributed by atoms with E-state index < -0.39 is 10.7 Å². The van der Waals surface area contributed by atoms with Gasteiger partial charge in [0, 0.05) is 0 Å². The summed E-state index contributed by atoms with van der Waals surface area (Å²) in [6.07, 6.45) is 0. The molecule has 0 saturated carbocycles. The smallest absolute Gasteiger partial charge is 0.157 e. The average molecular weight is 188 g/mol. The molecule has 0 radical (unpaired) electrons. The van der Waals surface area contributed by atoms with Gasteiger partial charge in [0.1, 0.15) is 10.7 Å². The average Bonchev–Trinajstić information content (AvgIpc) is 1.96. The lowest BCUT2D eigenvalue weighted by Gasteiger charge is -1.98. The number of hydrogen-bond donors (Lipinski definition) is 3. The first kappa shape index (κ1) is 8.86. The van der Waals surface area contributed by atoms with Crippen molar-refractivity contribution < 1.29 is 18.6 Å². The molecular weight excluding hydrogens is 180 g/mol. The zero-order valence-corrected chi connectivity index (χ0v) is 6.99. The van der Waals surface area contributed by atoms with Crippen LogP contribution in [0, 0.1) is 0 Å². The van der Waals surface area contributed by atoms with Crippen LogP contribution in [0.5, 0.6) is 11.5 Å². The van der Waals surface area contributed by atoms with Gasteiger partial charge in [0.15, 0.2) is 11.5 Å². The van der Waals surface area contributed by atoms with Crippen molar-refractivity contribution in [2.75, 3.05) is 0 Å². The van der Waals surface area contributed by atoms with E-state index in [0.29, 0.717) is 5.56 Å². The van der Waals surface area contributed by atoms with Gasteiger partial charge in [-0.1, -0.05) is 6.07 Å². The molecule has 0 unspecified atom stereocenters. The van der Waals surface area contributed by atoms with E-state index >= 15 is 0 Å². The van der Waals surface area contributed by atoms with Crippen LogP contribution < -0.4 is 0 Å². The molecule has 0 spiro atoms. The standard InChI is InChI=1S/C7H8O4S/c8-6-2-1-5(3-7(6)9)4-12(10)11/h1-3,8-9,12H,4H2. The van der Waals surface area contributed by atoms with E-state index in [9.17, 15) is 8.42 Å². The highest BCUT2D eigenvalue weighted by Gasteiger charge is 2.00. The molecule has 4 nitrogen and oxygen atoms in total. The Morgan fingerprint density at radius 1 is 1.17 bits per heavy atom. The van der Waals surface area contributed by atoms with Crippen molar-refractivity contribution in [2.24, 2.45) is 0 Å². The second-order valence-electron chi connectivity index (χ2n) is 2.31.